The molecule has 2 aromatic rings. The Bertz CT molecular complexity index is 796. The minimum atomic E-state index is -0.328. The van der Waals surface area contributed by atoms with E-state index in [0.717, 1.165) is 39.4 Å². The van der Waals surface area contributed by atoms with Gasteiger partial charge in [0, 0.05) is 44.0 Å². The second-order valence-electron chi connectivity index (χ2n) is 6.19. The molecule has 0 atom stereocenters. The molecule has 2 N–H and O–H groups in total. The maximum absolute atomic E-state index is 12.5. The number of methoxy groups -OCH3 is 2. The fourth-order valence-electron chi connectivity index (χ4n) is 2.85. The van der Waals surface area contributed by atoms with Crippen molar-refractivity contribution in [2.45, 2.75) is 0 Å². The number of nitrogens with one attached hydrogen (secondary N) is 2. The number of hydrogen-bond donors (Lipinski definition) is 2. The van der Waals surface area contributed by atoms with E-state index < -0.39 is 0 Å². The van der Waals surface area contributed by atoms with Crippen molar-refractivity contribution >= 4 is 17.4 Å². The molecule has 1 fully saturated rings. The smallest absolute Gasteiger partial charge is 0.274 e. The average Bonchev–Trinajstić information content (AvgIpc) is 2.74. The van der Waals surface area contributed by atoms with E-state index in [4.69, 9.17) is 14.2 Å². The van der Waals surface area contributed by atoms with Crippen LogP contribution in [0, 0.1) is 0 Å². The van der Waals surface area contributed by atoms with Crippen molar-refractivity contribution in [1.29, 1.82) is 0 Å². The fourth-order valence-corrected chi connectivity index (χ4v) is 2.85. The molecule has 9 nitrogen and oxygen atoms in total. The van der Waals surface area contributed by atoms with Crippen LogP contribution in [0.1, 0.15) is 10.5 Å². The maximum Gasteiger partial charge on any atom is 0.274 e. The lowest BCUT2D eigenvalue weighted by Crippen LogP contribution is -2.39. The standard InChI is InChI=1S/C19H25N5O4/c1-26-16-4-3-14(11-17(16)27-2)23-19(25)15-12-18(22-13-21-15)20-5-6-24-7-9-28-10-8-24/h3-4,11-13H,5-10H2,1-2H3,(H,23,25)(H,20,21,22). The third kappa shape index (κ3) is 5.30. The van der Waals surface area contributed by atoms with Crippen molar-refractivity contribution in [1.82, 2.24) is 14.9 Å². The molecule has 0 aliphatic carbocycles. The van der Waals surface area contributed by atoms with Gasteiger partial charge in [-0.25, -0.2) is 9.97 Å². The molecule has 150 valence electrons. The average molecular weight is 387 g/mol. The van der Waals surface area contributed by atoms with Crippen molar-refractivity contribution in [3.8, 4) is 11.5 Å². The zero-order chi connectivity index (χ0) is 19.8. The van der Waals surface area contributed by atoms with Crippen LogP contribution in [0.15, 0.2) is 30.6 Å². The second-order valence-corrected chi connectivity index (χ2v) is 6.19. The van der Waals surface area contributed by atoms with E-state index in [0.29, 0.717) is 23.0 Å². The molecule has 1 aromatic heterocycles. The quantitative estimate of drug-likeness (QED) is 0.703. The van der Waals surface area contributed by atoms with Gasteiger partial charge < -0.3 is 24.8 Å². The first-order valence-corrected chi connectivity index (χ1v) is 9.09. The van der Waals surface area contributed by atoms with E-state index >= 15 is 0 Å². The van der Waals surface area contributed by atoms with Crippen LogP contribution in [-0.2, 0) is 4.74 Å². The van der Waals surface area contributed by atoms with Crippen molar-refractivity contribution in [3.05, 3.63) is 36.3 Å². The monoisotopic (exact) mass is 387 g/mol. The lowest BCUT2D eigenvalue weighted by molar-refractivity contribution is 0.0398. The van der Waals surface area contributed by atoms with Gasteiger partial charge in [0.05, 0.1) is 27.4 Å². The molecule has 1 aliphatic heterocycles. The normalized spacial score (nSPS) is 14.4. The molecule has 1 aromatic carbocycles. The molecule has 0 saturated carbocycles. The molecule has 0 spiro atoms. The van der Waals surface area contributed by atoms with E-state index in [-0.39, 0.29) is 11.6 Å². The molecule has 0 unspecified atom stereocenters. The van der Waals surface area contributed by atoms with E-state index in [9.17, 15) is 4.79 Å². The number of rotatable bonds is 8. The van der Waals surface area contributed by atoms with Crippen LogP contribution in [-0.4, -0.2) is 74.4 Å². The highest BCUT2D eigenvalue weighted by Gasteiger charge is 2.12. The zero-order valence-corrected chi connectivity index (χ0v) is 16.1. The van der Waals surface area contributed by atoms with Crippen molar-refractivity contribution in [3.63, 3.8) is 0 Å². The SMILES string of the molecule is COc1ccc(NC(=O)c2cc(NCCN3CCOCC3)ncn2)cc1OC. The van der Waals surface area contributed by atoms with Gasteiger partial charge in [-0.05, 0) is 12.1 Å². The lowest BCUT2D eigenvalue weighted by Gasteiger charge is -2.26. The molecule has 2 heterocycles. The number of aromatic nitrogens is 2. The van der Waals surface area contributed by atoms with E-state index in [1.54, 1.807) is 38.5 Å². The number of benzene rings is 1. The van der Waals surface area contributed by atoms with Gasteiger partial charge in [0.25, 0.3) is 5.91 Å². The molecule has 3 rings (SSSR count). The maximum atomic E-state index is 12.5. The van der Waals surface area contributed by atoms with Crippen molar-refractivity contribution in [2.75, 3.05) is 64.2 Å². The van der Waals surface area contributed by atoms with Gasteiger partial charge in [-0.2, -0.15) is 0 Å². The number of carbonyl (C=O) groups is 1. The summed E-state index contributed by atoms with van der Waals surface area (Å²) in [6, 6.07) is 6.80. The Kier molecular flexibility index (Phi) is 6.99. The third-order valence-electron chi connectivity index (χ3n) is 4.38. The lowest BCUT2D eigenvalue weighted by atomic mass is 10.2. The summed E-state index contributed by atoms with van der Waals surface area (Å²) in [5.41, 5.74) is 0.863. The first-order valence-electron chi connectivity index (χ1n) is 9.09. The number of amides is 1. The van der Waals surface area contributed by atoms with Crippen LogP contribution in [0.5, 0.6) is 11.5 Å². The second kappa shape index (κ2) is 9.86. The van der Waals surface area contributed by atoms with Gasteiger partial charge >= 0.3 is 0 Å². The summed E-state index contributed by atoms with van der Waals surface area (Å²) in [5.74, 6) is 1.41. The largest absolute Gasteiger partial charge is 0.493 e. The van der Waals surface area contributed by atoms with E-state index in [2.05, 4.69) is 25.5 Å². The van der Waals surface area contributed by atoms with Crippen LogP contribution in [0.2, 0.25) is 0 Å². The van der Waals surface area contributed by atoms with E-state index in [1.165, 1.54) is 6.33 Å². The summed E-state index contributed by atoms with van der Waals surface area (Å²) in [6.07, 6.45) is 1.38. The minimum absolute atomic E-state index is 0.277. The number of anilines is 2. The Labute approximate surface area is 164 Å². The number of ether oxygens (including phenoxy) is 3. The van der Waals surface area contributed by atoms with Crippen LogP contribution in [0.3, 0.4) is 0 Å². The number of morpholine rings is 1. The van der Waals surface area contributed by atoms with Gasteiger partial charge in [0.1, 0.15) is 17.8 Å². The Morgan fingerprint density at radius 3 is 2.68 bits per heavy atom. The first-order chi connectivity index (χ1) is 13.7. The van der Waals surface area contributed by atoms with E-state index in [1.807, 2.05) is 0 Å². The zero-order valence-electron chi connectivity index (χ0n) is 16.1. The molecular formula is C19H25N5O4. The van der Waals surface area contributed by atoms with Gasteiger partial charge in [-0.15, -0.1) is 0 Å². The van der Waals surface area contributed by atoms with Crippen molar-refractivity contribution in [2.24, 2.45) is 0 Å². The number of nitrogens with zero attached hydrogens (tertiary/aromatic N) is 3. The molecule has 28 heavy (non-hydrogen) atoms. The van der Waals surface area contributed by atoms with Gasteiger partial charge in [-0.1, -0.05) is 0 Å². The molecule has 1 saturated heterocycles. The Hall–Kier alpha value is -2.91. The number of carbonyl (C=O) groups excluding carboxylic acids is 1. The molecular weight excluding hydrogens is 362 g/mol. The van der Waals surface area contributed by atoms with Crippen LogP contribution >= 0.6 is 0 Å². The van der Waals surface area contributed by atoms with Crippen LogP contribution in [0.25, 0.3) is 0 Å². The Morgan fingerprint density at radius 2 is 1.93 bits per heavy atom. The number of hydrogen-bond acceptors (Lipinski definition) is 8. The van der Waals surface area contributed by atoms with Gasteiger partial charge in [-0.3, -0.25) is 9.69 Å². The summed E-state index contributed by atoms with van der Waals surface area (Å²) >= 11 is 0. The molecule has 1 aliphatic rings. The predicted octanol–water partition coefficient (Wildman–Crippen LogP) is 1.49. The third-order valence-corrected chi connectivity index (χ3v) is 4.38. The van der Waals surface area contributed by atoms with Gasteiger partial charge in [0.15, 0.2) is 11.5 Å². The highest BCUT2D eigenvalue weighted by atomic mass is 16.5. The Morgan fingerprint density at radius 1 is 1.14 bits per heavy atom. The van der Waals surface area contributed by atoms with Gasteiger partial charge in [0.2, 0.25) is 0 Å². The minimum Gasteiger partial charge on any atom is -0.493 e. The summed E-state index contributed by atoms with van der Waals surface area (Å²) in [7, 11) is 3.10. The summed E-state index contributed by atoms with van der Waals surface area (Å²) in [5, 5.41) is 6.04. The topological polar surface area (TPSA) is 97.8 Å². The van der Waals surface area contributed by atoms with Crippen LogP contribution in [0.4, 0.5) is 11.5 Å². The fraction of sp³-hybridized carbons (Fsp3) is 0.421. The highest BCUT2D eigenvalue weighted by Crippen LogP contribution is 2.29. The first kappa shape index (κ1) is 19.8. The predicted molar refractivity (Wildman–Crippen MR) is 105 cm³/mol. The van der Waals surface area contributed by atoms with Crippen LogP contribution < -0.4 is 20.1 Å². The molecule has 0 bridgehead atoms. The summed E-state index contributed by atoms with van der Waals surface area (Å²) < 4.78 is 15.8. The molecule has 0 radical (unpaired) electrons. The van der Waals surface area contributed by atoms with Crippen molar-refractivity contribution < 1.29 is 19.0 Å². The Balaban J connectivity index is 1.57. The molecule has 1 amide bonds. The highest BCUT2D eigenvalue weighted by molar-refractivity contribution is 6.03. The summed E-state index contributed by atoms with van der Waals surface area (Å²) in [4.78, 5) is 23.1. The summed E-state index contributed by atoms with van der Waals surface area (Å²) in [6.45, 7) is 5.03. The molecule has 9 heteroatoms.